The molecule has 6 heteroatoms. The smallest absolute Gasteiger partial charge is 0.256 e. The molecular weight excluding hydrogens is 449 g/mol. The van der Waals surface area contributed by atoms with Gasteiger partial charge in [-0.05, 0) is 52.9 Å². The summed E-state index contributed by atoms with van der Waals surface area (Å²) in [5, 5.41) is 2.88. The van der Waals surface area contributed by atoms with E-state index in [1.165, 1.54) is 0 Å². The molecule has 0 aliphatic carbocycles. The number of fused-ring (bicyclic) bond motifs is 1. The Morgan fingerprint density at radius 3 is 2.67 bits per heavy atom. The van der Waals surface area contributed by atoms with Crippen LogP contribution in [0, 0.1) is 3.57 Å². The average Bonchev–Trinajstić information content (AvgIpc) is 2.49. The zero-order valence-corrected chi connectivity index (χ0v) is 14.6. The second-order valence-corrected chi connectivity index (χ2v) is 6.51. The first-order chi connectivity index (χ1) is 10.1. The maximum atomic E-state index is 12.3. The van der Waals surface area contributed by atoms with E-state index in [4.69, 9.17) is 9.47 Å². The Balaban J connectivity index is 1.83. The predicted molar refractivity (Wildman–Crippen MR) is 92.2 cm³/mol. The second-order valence-electron chi connectivity index (χ2n) is 4.44. The summed E-state index contributed by atoms with van der Waals surface area (Å²) in [7, 11) is 0. The third-order valence-electron chi connectivity index (χ3n) is 2.97. The van der Waals surface area contributed by atoms with Gasteiger partial charge in [-0.15, -0.1) is 0 Å². The normalized spacial score (nSPS) is 12.9. The van der Waals surface area contributed by atoms with Crippen LogP contribution in [0.1, 0.15) is 10.4 Å². The van der Waals surface area contributed by atoms with Crippen LogP contribution < -0.4 is 14.8 Å². The molecule has 0 saturated heterocycles. The summed E-state index contributed by atoms with van der Waals surface area (Å²) in [6, 6.07) is 11.0. The van der Waals surface area contributed by atoms with Gasteiger partial charge in [-0.1, -0.05) is 15.9 Å². The van der Waals surface area contributed by atoms with Crippen molar-refractivity contribution in [3.05, 3.63) is 50.0 Å². The third-order valence-corrected chi connectivity index (χ3v) is 4.41. The first-order valence-corrected chi connectivity index (χ1v) is 8.17. The van der Waals surface area contributed by atoms with Gasteiger partial charge in [-0.2, -0.15) is 0 Å². The monoisotopic (exact) mass is 459 g/mol. The van der Waals surface area contributed by atoms with Crippen LogP contribution in [0.25, 0.3) is 0 Å². The zero-order valence-electron chi connectivity index (χ0n) is 10.9. The average molecular weight is 460 g/mol. The van der Waals surface area contributed by atoms with E-state index >= 15 is 0 Å². The van der Waals surface area contributed by atoms with Crippen molar-refractivity contribution in [3.63, 3.8) is 0 Å². The predicted octanol–water partition coefficient (Wildman–Crippen LogP) is 4.08. The molecule has 1 amide bonds. The molecule has 0 bridgehead atoms. The van der Waals surface area contributed by atoms with E-state index in [0.717, 1.165) is 8.04 Å². The van der Waals surface area contributed by atoms with E-state index in [9.17, 15) is 4.79 Å². The molecule has 4 nitrogen and oxygen atoms in total. The van der Waals surface area contributed by atoms with Gasteiger partial charge in [0, 0.05) is 19.8 Å². The minimum Gasteiger partial charge on any atom is -0.486 e. The summed E-state index contributed by atoms with van der Waals surface area (Å²) >= 11 is 5.52. The molecule has 0 radical (unpaired) electrons. The fraction of sp³-hybridized carbons (Fsp3) is 0.133. The number of carbonyl (C=O) groups excluding carboxylic acids is 1. The van der Waals surface area contributed by atoms with Gasteiger partial charge in [-0.25, -0.2) is 0 Å². The van der Waals surface area contributed by atoms with Crippen LogP contribution >= 0.6 is 38.5 Å². The summed E-state index contributed by atoms with van der Waals surface area (Å²) in [6.45, 7) is 1.07. The minimum absolute atomic E-state index is 0.155. The van der Waals surface area contributed by atoms with E-state index in [1.807, 2.05) is 12.1 Å². The van der Waals surface area contributed by atoms with E-state index < -0.39 is 0 Å². The second kappa shape index (κ2) is 6.23. The van der Waals surface area contributed by atoms with Gasteiger partial charge in [0.25, 0.3) is 5.91 Å². The van der Waals surface area contributed by atoms with E-state index in [-0.39, 0.29) is 5.91 Å². The van der Waals surface area contributed by atoms with Crippen LogP contribution in [0.2, 0.25) is 0 Å². The summed E-state index contributed by atoms with van der Waals surface area (Å²) in [4.78, 5) is 12.3. The van der Waals surface area contributed by atoms with E-state index in [2.05, 4.69) is 43.8 Å². The highest BCUT2D eigenvalue weighted by atomic mass is 127. The number of carbonyl (C=O) groups is 1. The van der Waals surface area contributed by atoms with Gasteiger partial charge >= 0.3 is 0 Å². The van der Waals surface area contributed by atoms with Crippen LogP contribution in [0.4, 0.5) is 5.69 Å². The van der Waals surface area contributed by atoms with Crippen molar-refractivity contribution in [1.82, 2.24) is 0 Å². The minimum atomic E-state index is -0.155. The molecule has 1 aliphatic rings. The maximum Gasteiger partial charge on any atom is 0.256 e. The van der Waals surface area contributed by atoms with Crippen molar-refractivity contribution in [3.8, 4) is 11.5 Å². The number of rotatable bonds is 2. The molecule has 3 rings (SSSR count). The lowest BCUT2D eigenvalue weighted by Crippen LogP contribution is -2.17. The van der Waals surface area contributed by atoms with Crippen LogP contribution in [0.15, 0.2) is 40.9 Å². The molecular formula is C15H11BrINO3. The first kappa shape index (κ1) is 14.6. The number of hydrogen-bond acceptors (Lipinski definition) is 3. The van der Waals surface area contributed by atoms with Crippen molar-refractivity contribution >= 4 is 50.1 Å². The Morgan fingerprint density at radius 1 is 1.10 bits per heavy atom. The van der Waals surface area contributed by atoms with Gasteiger partial charge in [-0.3, -0.25) is 4.79 Å². The van der Waals surface area contributed by atoms with Crippen molar-refractivity contribution in [2.24, 2.45) is 0 Å². The lowest BCUT2D eigenvalue weighted by Gasteiger charge is -2.19. The number of anilines is 1. The molecule has 0 atom stereocenters. The number of nitrogens with one attached hydrogen (secondary N) is 1. The largest absolute Gasteiger partial charge is 0.486 e. The molecule has 21 heavy (non-hydrogen) atoms. The zero-order chi connectivity index (χ0) is 14.8. The van der Waals surface area contributed by atoms with Crippen molar-refractivity contribution in [2.75, 3.05) is 18.5 Å². The molecule has 0 aromatic heterocycles. The Kier molecular flexibility index (Phi) is 4.34. The fourth-order valence-corrected chi connectivity index (χ4v) is 2.93. The van der Waals surface area contributed by atoms with Crippen molar-refractivity contribution in [2.45, 2.75) is 0 Å². The Labute approximate surface area is 144 Å². The van der Waals surface area contributed by atoms with Gasteiger partial charge in [0.1, 0.15) is 13.2 Å². The molecule has 108 valence electrons. The molecule has 1 aliphatic heterocycles. The van der Waals surface area contributed by atoms with Crippen LogP contribution in [-0.4, -0.2) is 19.1 Å². The molecule has 0 unspecified atom stereocenters. The maximum absolute atomic E-state index is 12.3. The first-order valence-electron chi connectivity index (χ1n) is 6.29. The van der Waals surface area contributed by atoms with Gasteiger partial charge in [0.15, 0.2) is 11.5 Å². The summed E-state index contributed by atoms with van der Waals surface area (Å²) in [6.07, 6.45) is 0. The Hall–Kier alpha value is -1.28. The van der Waals surface area contributed by atoms with Crippen LogP contribution in [0.5, 0.6) is 11.5 Å². The summed E-state index contributed by atoms with van der Waals surface area (Å²) < 4.78 is 12.7. The fourth-order valence-electron chi connectivity index (χ4n) is 1.99. The van der Waals surface area contributed by atoms with Crippen LogP contribution in [0.3, 0.4) is 0 Å². The van der Waals surface area contributed by atoms with Gasteiger partial charge < -0.3 is 14.8 Å². The standard InChI is InChI=1S/C15H11BrINO3/c16-9-1-3-12(17)11(7-9)15(19)18-10-2-4-13-14(8-10)21-6-5-20-13/h1-4,7-8H,5-6H2,(H,18,19). The Morgan fingerprint density at radius 2 is 1.86 bits per heavy atom. The van der Waals surface area contributed by atoms with Gasteiger partial charge in [0.05, 0.1) is 5.56 Å². The number of ether oxygens (including phenoxy) is 2. The number of halogens is 2. The quantitative estimate of drug-likeness (QED) is 0.688. The molecule has 0 saturated carbocycles. The van der Waals surface area contributed by atoms with E-state index in [0.29, 0.717) is 36.0 Å². The number of benzene rings is 2. The highest BCUT2D eigenvalue weighted by molar-refractivity contribution is 14.1. The summed E-state index contributed by atoms with van der Waals surface area (Å²) in [5.74, 6) is 1.21. The number of hydrogen-bond donors (Lipinski definition) is 1. The SMILES string of the molecule is O=C(Nc1ccc2c(c1)OCCO2)c1cc(Br)ccc1I. The molecule has 0 spiro atoms. The molecule has 1 N–H and O–H groups in total. The Bertz CT molecular complexity index is 705. The highest BCUT2D eigenvalue weighted by Gasteiger charge is 2.14. The topological polar surface area (TPSA) is 47.6 Å². The lowest BCUT2D eigenvalue weighted by atomic mass is 10.2. The molecule has 2 aromatic carbocycles. The van der Waals surface area contributed by atoms with Crippen molar-refractivity contribution in [1.29, 1.82) is 0 Å². The van der Waals surface area contributed by atoms with E-state index in [1.54, 1.807) is 24.3 Å². The highest BCUT2D eigenvalue weighted by Crippen LogP contribution is 2.32. The van der Waals surface area contributed by atoms with Gasteiger partial charge in [0.2, 0.25) is 0 Å². The lowest BCUT2D eigenvalue weighted by molar-refractivity contribution is 0.102. The van der Waals surface area contributed by atoms with Crippen molar-refractivity contribution < 1.29 is 14.3 Å². The molecule has 1 heterocycles. The third kappa shape index (κ3) is 3.32. The molecule has 2 aromatic rings. The molecule has 0 fully saturated rings. The number of amides is 1. The van der Waals surface area contributed by atoms with Crippen LogP contribution in [-0.2, 0) is 0 Å². The summed E-state index contributed by atoms with van der Waals surface area (Å²) in [5.41, 5.74) is 1.31.